The molecular formula is C27H31N5O3S. The molecule has 4 rings (SSSR count). The van der Waals surface area contributed by atoms with Crippen LogP contribution >= 0.6 is 11.3 Å². The highest BCUT2D eigenvalue weighted by Crippen LogP contribution is 2.37. The van der Waals surface area contributed by atoms with Gasteiger partial charge in [0.1, 0.15) is 23.9 Å². The Labute approximate surface area is 214 Å². The summed E-state index contributed by atoms with van der Waals surface area (Å²) in [6.45, 7) is 7.80. The number of rotatable bonds is 9. The fourth-order valence-corrected chi connectivity index (χ4v) is 4.77. The van der Waals surface area contributed by atoms with E-state index in [9.17, 15) is 9.59 Å². The summed E-state index contributed by atoms with van der Waals surface area (Å²) < 4.78 is 7.21. The Kier molecular flexibility index (Phi) is 7.40. The summed E-state index contributed by atoms with van der Waals surface area (Å²) in [5.41, 5.74) is 2.46. The van der Waals surface area contributed by atoms with Crippen molar-refractivity contribution in [2.75, 3.05) is 12.0 Å². The molecule has 2 aromatic carbocycles. The number of thiophene rings is 1. The molecule has 0 aliphatic rings. The SMILES string of the molecule is CCC(C)(C)NC(=O)[C@@H](c1cccs1)N(C(=O)Cn1nnc2ccccc21)c1cc(C)ccc1OC. The van der Waals surface area contributed by atoms with Crippen LogP contribution in [0.5, 0.6) is 5.75 Å². The molecule has 2 aromatic heterocycles. The molecule has 4 aromatic rings. The summed E-state index contributed by atoms with van der Waals surface area (Å²) >= 11 is 1.43. The first-order valence-corrected chi connectivity index (χ1v) is 12.7. The number of carbonyl (C=O) groups excluding carboxylic acids is 2. The van der Waals surface area contributed by atoms with Crippen molar-refractivity contribution in [3.63, 3.8) is 0 Å². The molecule has 2 heterocycles. The monoisotopic (exact) mass is 505 g/mol. The molecule has 8 nitrogen and oxygen atoms in total. The van der Waals surface area contributed by atoms with Gasteiger partial charge in [0.05, 0.1) is 18.3 Å². The third kappa shape index (κ3) is 5.26. The van der Waals surface area contributed by atoms with Crippen molar-refractivity contribution >= 4 is 39.9 Å². The molecule has 0 saturated heterocycles. The molecule has 0 aliphatic carbocycles. The van der Waals surface area contributed by atoms with E-state index in [4.69, 9.17) is 4.74 Å². The molecule has 188 valence electrons. The van der Waals surface area contributed by atoms with Gasteiger partial charge in [0.2, 0.25) is 11.8 Å². The fourth-order valence-electron chi connectivity index (χ4n) is 3.95. The number of hydrogen-bond acceptors (Lipinski definition) is 6. The topological polar surface area (TPSA) is 89.4 Å². The van der Waals surface area contributed by atoms with E-state index >= 15 is 0 Å². The van der Waals surface area contributed by atoms with Crippen LogP contribution < -0.4 is 15.0 Å². The number of nitrogens with zero attached hydrogens (tertiary/aromatic N) is 4. The predicted molar refractivity (Wildman–Crippen MR) is 142 cm³/mol. The zero-order chi connectivity index (χ0) is 25.9. The number of nitrogens with one attached hydrogen (secondary N) is 1. The second kappa shape index (κ2) is 10.5. The van der Waals surface area contributed by atoms with Gasteiger partial charge >= 0.3 is 0 Å². The maximum Gasteiger partial charge on any atom is 0.249 e. The Bertz CT molecular complexity index is 1360. The lowest BCUT2D eigenvalue weighted by atomic mass is 10.0. The lowest BCUT2D eigenvalue weighted by Crippen LogP contribution is -2.51. The first-order chi connectivity index (χ1) is 17.2. The van der Waals surface area contributed by atoms with Crippen LogP contribution in [0.1, 0.15) is 43.7 Å². The number of anilines is 1. The van der Waals surface area contributed by atoms with Gasteiger partial charge in [-0.15, -0.1) is 16.4 Å². The van der Waals surface area contributed by atoms with Crippen LogP contribution in [0.4, 0.5) is 5.69 Å². The van der Waals surface area contributed by atoms with Crippen molar-refractivity contribution in [1.29, 1.82) is 0 Å². The maximum atomic E-state index is 14.1. The van der Waals surface area contributed by atoms with Gasteiger partial charge < -0.3 is 10.1 Å². The average Bonchev–Trinajstić information content (AvgIpc) is 3.52. The summed E-state index contributed by atoms with van der Waals surface area (Å²) in [4.78, 5) is 30.3. The van der Waals surface area contributed by atoms with Crippen LogP contribution in [0.2, 0.25) is 0 Å². The van der Waals surface area contributed by atoms with Gasteiger partial charge in [-0.05, 0) is 68.5 Å². The minimum absolute atomic E-state index is 0.0933. The molecule has 0 aliphatic heterocycles. The van der Waals surface area contributed by atoms with Crippen molar-refractivity contribution in [2.24, 2.45) is 0 Å². The van der Waals surface area contributed by atoms with Crippen molar-refractivity contribution in [3.05, 3.63) is 70.4 Å². The minimum atomic E-state index is -0.895. The number of methoxy groups -OCH3 is 1. The highest BCUT2D eigenvalue weighted by Gasteiger charge is 2.37. The van der Waals surface area contributed by atoms with Gasteiger partial charge in [-0.1, -0.05) is 36.4 Å². The van der Waals surface area contributed by atoms with Gasteiger partial charge in [0.15, 0.2) is 0 Å². The molecule has 0 saturated carbocycles. The molecule has 36 heavy (non-hydrogen) atoms. The summed E-state index contributed by atoms with van der Waals surface area (Å²) in [6, 6.07) is 15.9. The number of benzene rings is 2. The van der Waals surface area contributed by atoms with E-state index in [-0.39, 0.29) is 18.4 Å². The lowest BCUT2D eigenvalue weighted by Gasteiger charge is -2.34. The molecule has 0 unspecified atom stereocenters. The number of fused-ring (bicyclic) bond motifs is 1. The van der Waals surface area contributed by atoms with Gasteiger partial charge in [-0.3, -0.25) is 14.5 Å². The number of aryl methyl sites for hydroxylation is 1. The molecule has 2 amide bonds. The van der Waals surface area contributed by atoms with Crippen molar-refractivity contribution in [3.8, 4) is 5.75 Å². The predicted octanol–water partition coefficient (Wildman–Crippen LogP) is 4.89. The largest absolute Gasteiger partial charge is 0.495 e. The summed E-state index contributed by atoms with van der Waals surface area (Å²) in [7, 11) is 1.56. The zero-order valence-electron chi connectivity index (χ0n) is 21.2. The average molecular weight is 506 g/mol. The van der Waals surface area contributed by atoms with E-state index in [0.717, 1.165) is 22.4 Å². The van der Waals surface area contributed by atoms with E-state index in [1.165, 1.54) is 16.2 Å². The molecule has 9 heteroatoms. The summed E-state index contributed by atoms with van der Waals surface area (Å²) in [5.74, 6) is -0.0661. The van der Waals surface area contributed by atoms with Crippen molar-refractivity contribution < 1.29 is 14.3 Å². The second-order valence-electron chi connectivity index (χ2n) is 9.32. The summed E-state index contributed by atoms with van der Waals surface area (Å²) in [5, 5.41) is 13.4. The molecule has 0 radical (unpaired) electrons. The number of aromatic nitrogens is 3. The first-order valence-electron chi connectivity index (χ1n) is 11.8. The Morgan fingerprint density at radius 2 is 1.94 bits per heavy atom. The van der Waals surface area contributed by atoms with Crippen LogP contribution in [0.25, 0.3) is 11.0 Å². The normalized spacial score (nSPS) is 12.4. The molecule has 1 atom stereocenters. The van der Waals surface area contributed by atoms with E-state index in [1.54, 1.807) is 11.8 Å². The third-order valence-corrected chi connectivity index (χ3v) is 7.16. The van der Waals surface area contributed by atoms with Crippen LogP contribution in [-0.2, 0) is 16.1 Å². The fraction of sp³-hybridized carbons (Fsp3) is 0.333. The van der Waals surface area contributed by atoms with Gasteiger partial charge in [-0.25, -0.2) is 4.68 Å². The molecule has 1 N–H and O–H groups in total. The van der Waals surface area contributed by atoms with E-state index in [1.807, 2.05) is 87.7 Å². The Balaban J connectivity index is 1.84. The maximum absolute atomic E-state index is 14.1. The zero-order valence-corrected chi connectivity index (χ0v) is 22.0. The van der Waals surface area contributed by atoms with Crippen molar-refractivity contribution in [2.45, 2.75) is 52.2 Å². The Morgan fingerprint density at radius 3 is 2.64 bits per heavy atom. The number of amides is 2. The number of hydrogen-bond donors (Lipinski definition) is 1. The summed E-state index contributed by atoms with van der Waals surface area (Å²) in [6.07, 6.45) is 0.739. The highest BCUT2D eigenvalue weighted by atomic mass is 32.1. The van der Waals surface area contributed by atoms with Crippen LogP contribution in [0.15, 0.2) is 60.0 Å². The minimum Gasteiger partial charge on any atom is -0.495 e. The van der Waals surface area contributed by atoms with Crippen LogP contribution in [0.3, 0.4) is 0 Å². The van der Waals surface area contributed by atoms with Gasteiger partial charge in [0, 0.05) is 10.4 Å². The first kappa shape index (κ1) is 25.4. The Hall–Kier alpha value is -3.72. The molecule has 0 fully saturated rings. The lowest BCUT2D eigenvalue weighted by molar-refractivity contribution is -0.128. The quantitative estimate of drug-likeness (QED) is 0.350. The van der Waals surface area contributed by atoms with Gasteiger partial charge in [-0.2, -0.15) is 0 Å². The number of para-hydroxylation sites is 1. The second-order valence-corrected chi connectivity index (χ2v) is 10.3. The number of ether oxygens (including phenoxy) is 1. The van der Waals surface area contributed by atoms with E-state index in [0.29, 0.717) is 17.0 Å². The standard InChI is InChI=1S/C27H31N5O3S/c1-6-27(3,4)28-26(34)25(23-12-9-15-36-23)32(21-16-18(2)13-14-22(21)35-5)24(33)17-31-20-11-8-7-10-19(20)29-30-31/h7-16,25H,6,17H2,1-5H3,(H,28,34)/t25-/m1/s1. The third-order valence-electron chi connectivity index (χ3n) is 6.23. The van der Waals surface area contributed by atoms with Crippen molar-refractivity contribution in [1.82, 2.24) is 20.3 Å². The Morgan fingerprint density at radius 1 is 1.17 bits per heavy atom. The molecular weight excluding hydrogens is 474 g/mol. The smallest absolute Gasteiger partial charge is 0.249 e. The molecule has 0 bridgehead atoms. The van der Waals surface area contributed by atoms with Crippen LogP contribution in [-0.4, -0.2) is 39.5 Å². The van der Waals surface area contributed by atoms with Crippen LogP contribution in [0, 0.1) is 6.92 Å². The van der Waals surface area contributed by atoms with E-state index in [2.05, 4.69) is 15.6 Å². The molecule has 0 spiro atoms. The highest BCUT2D eigenvalue weighted by molar-refractivity contribution is 7.10. The number of carbonyl (C=O) groups is 2. The van der Waals surface area contributed by atoms with Gasteiger partial charge in [0.25, 0.3) is 0 Å². The van der Waals surface area contributed by atoms with E-state index < -0.39 is 11.6 Å².